The number of rotatable bonds is 3. The van der Waals surface area contributed by atoms with Crippen LogP contribution in [-0.4, -0.2) is 57.6 Å². The maximum Gasteiger partial charge on any atom is 0.416 e. The molecular weight excluding hydrogens is 397 g/mol. The van der Waals surface area contributed by atoms with Crippen molar-refractivity contribution >= 4 is 11.8 Å². The zero-order chi connectivity index (χ0) is 21.3. The number of hydrogen-bond donors (Lipinski definition) is 0. The lowest BCUT2D eigenvalue weighted by atomic mass is 10.1. The van der Waals surface area contributed by atoms with Crippen molar-refractivity contribution in [1.29, 1.82) is 0 Å². The minimum Gasteiger partial charge on any atom is -0.339 e. The molecule has 0 unspecified atom stereocenters. The van der Waals surface area contributed by atoms with Gasteiger partial charge in [0.05, 0.1) is 29.4 Å². The van der Waals surface area contributed by atoms with Crippen LogP contribution in [0.25, 0.3) is 0 Å². The standard InChI is InChI=1S/C21H23F3N4O2/c22-21(23,24)16-6-4-15(5-7-16)13-19(29)26-9-11-27(12-10-26)20(30)17-14-25-28-8-2-1-3-18(17)28/h4-7,14H,1-3,8-13H2. The minimum absolute atomic E-state index is 0.0446. The van der Waals surface area contributed by atoms with Gasteiger partial charge in [-0.25, -0.2) is 0 Å². The predicted octanol–water partition coefficient (Wildman–Crippen LogP) is 2.77. The van der Waals surface area contributed by atoms with E-state index in [1.165, 1.54) is 12.1 Å². The van der Waals surface area contributed by atoms with Crippen LogP contribution in [-0.2, 0) is 30.4 Å². The summed E-state index contributed by atoms with van der Waals surface area (Å²) in [7, 11) is 0. The van der Waals surface area contributed by atoms with Gasteiger partial charge in [0, 0.05) is 32.7 Å². The number of carbonyl (C=O) groups is 2. The average Bonchev–Trinajstić information content (AvgIpc) is 3.17. The summed E-state index contributed by atoms with van der Waals surface area (Å²) >= 11 is 0. The summed E-state index contributed by atoms with van der Waals surface area (Å²) in [5, 5.41) is 4.32. The maximum absolute atomic E-state index is 12.9. The van der Waals surface area contributed by atoms with Crippen molar-refractivity contribution in [2.75, 3.05) is 26.2 Å². The molecule has 2 aliphatic rings. The maximum atomic E-state index is 12.9. The molecule has 1 saturated heterocycles. The Morgan fingerprint density at radius 1 is 0.933 bits per heavy atom. The highest BCUT2D eigenvalue weighted by atomic mass is 19.4. The molecular formula is C21H23F3N4O2. The quantitative estimate of drug-likeness (QED) is 0.767. The SMILES string of the molecule is O=C(Cc1ccc(C(F)(F)F)cc1)N1CCN(C(=O)c2cnn3c2CCCC3)CC1. The van der Waals surface area contributed by atoms with Gasteiger partial charge in [-0.3, -0.25) is 14.3 Å². The van der Waals surface area contributed by atoms with E-state index in [-0.39, 0.29) is 18.2 Å². The monoisotopic (exact) mass is 420 g/mol. The van der Waals surface area contributed by atoms with E-state index in [9.17, 15) is 22.8 Å². The molecule has 0 spiro atoms. The summed E-state index contributed by atoms with van der Waals surface area (Å²) in [6.45, 7) is 2.53. The van der Waals surface area contributed by atoms with E-state index in [2.05, 4.69) is 5.10 Å². The lowest BCUT2D eigenvalue weighted by Crippen LogP contribution is -2.51. The molecule has 0 N–H and O–H groups in total. The van der Waals surface area contributed by atoms with Gasteiger partial charge < -0.3 is 9.80 Å². The second-order valence-electron chi connectivity index (χ2n) is 7.73. The number of hydrogen-bond acceptors (Lipinski definition) is 3. The number of aryl methyl sites for hydroxylation is 1. The van der Waals surface area contributed by atoms with Crippen molar-refractivity contribution in [3.05, 3.63) is 52.8 Å². The number of piperazine rings is 1. The number of carbonyl (C=O) groups excluding carboxylic acids is 2. The Labute approximate surface area is 172 Å². The molecule has 160 valence electrons. The zero-order valence-electron chi connectivity index (χ0n) is 16.5. The number of alkyl halides is 3. The van der Waals surface area contributed by atoms with Crippen molar-refractivity contribution in [1.82, 2.24) is 19.6 Å². The van der Waals surface area contributed by atoms with Crippen molar-refractivity contribution in [2.24, 2.45) is 0 Å². The Balaban J connectivity index is 1.32. The fourth-order valence-electron chi connectivity index (χ4n) is 4.03. The lowest BCUT2D eigenvalue weighted by molar-refractivity contribution is -0.137. The highest BCUT2D eigenvalue weighted by molar-refractivity contribution is 5.95. The molecule has 1 fully saturated rings. The van der Waals surface area contributed by atoms with Crippen LogP contribution in [0.4, 0.5) is 13.2 Å². The first-order chi connectivity index (χ1) is 14.3. The summed E-state index contributed by atoms with van der Waals surface area (Å²) in [5.74, 6) is -0.197. The molecule has 0 atom stereocenters. The number of aromatic nitrogens is 2. The summed E-state index contributed by atoms with van der Waals surface area (Å²) < 4.78 is 39.9. The van der Waals surface area contributed by atoms with E-state index in [1.807, 2.05) is 4.68 Å². The van der Waals surface area contributed by atoms with Crippen molar-refractivity contribution in [3.8, 4) is 0 Å². The topological polar surface area (TPSA) is 58.4 Å². The molecule has 4 rings (SSSR count). The Morgan fingerprint density at radius 3 is 2.27 bits per heavy atom. The third kappa shape index (κ3) is 4.20. The van der Waals surface area contributed by atoms with E-state index >= 15 is 0 Å². The number of amides is 2. The Kier molecular flexibility index (Phi) is 5.53. The van der Waals surface area contributed by atoms with Gasteiger partial charge in [-0.2, -0.15) is 18.3 Å². The summed E-state index contributed by atoms with van der Waals surface area (Å²) in [6, 6.07) is 4.66. The molecule has 2 aliphatic heterocycles. The molecule has 0 aliphatic carbocycles. The first-order valence-electron chi connectivity index (χ1n) is 10.1. The van der Waals surface area contributed by atoms with E-state index in [4.69, 9.17) is 0 Å². The van der Waals surface area contributed by atoms with Gasteiger partial charge in [0.2, 0.25) is 5.91 Å². The van der Waals surface area contributed by atoms with Crippen LogP contribution in [0.2, 0.25) is 0 Å². The normalized spacial score (nSPS) is 17.0. The van der Waals surface area contributed by atoms with Gasteiger partial charge in [-0.05, 0) is 37.0 Å². The average molecular weight is 420 g/mol. The first-order valence-corrected chi connectivity index (χ1v) is 10.1. The lowest BCUT2D eigenvalue weighted by Gasteiger charge is -2.35. The van der Waals surface area contributed by atoms with Crippen LogP contribution >= 0.6 is 0 Å². The van der Waals surface area contributed by atoms with Crippen LogP contribution in [0, 0.1) is 0 Å². The van der Waals surface area contributed by atoms with Crippen LogP contribution < -0.4 is 0 Å². The van der Waals surface area contributed by atoms with Crippen molar-refractivity contribution in [2.45, 2.75) is 38.4 Å². The van der Waals surface area contributed by atoms with E-state index < -0.39 is 11.7 Å². The molecule has 9 heteroatoms. The molecule has 0 bridgehead atoms. The molecule has 6 nitrogen and oxygen atoms in total. The highest BCUT2D eigenvalue weighted by Crippen LogP contribution is 2.29. The zero-order valence-corrected chi connectivity index (χ0v) is 16.5. The molecule has 2 amide bonds. The van der Waals surface area contributed by atoms with Gasteiger partial charge in [0.1, 0.15) is 0 Å². The number of benzene rings is 1. The fourth-order valence-corrected chi connectivity index (χ4v) is 4.03. The number of fused-ring (bicyclic) bond motifs is 1. The largest absolute Gasteiger partial charge is 0.416 e. The van der Waals surface area contributed by atoms with E-state index in [0.717, 1.165) is 43.6 Å². The molecule has 1 aromatic carbocycles. The van der Waals surface area contributed by atoms with Gasteiger partial charge in [-0.15, -0.1) is 0 Å². The first kappa shape index (κ1) is 20.4. The predicted molar refractivity (Wildman–Crippen MR) is 103 cm³/mol. The Hall–Kier alpha value is -2.84. The molecule has 3 heterocycles. The van der Waals surface area contributed by atoms with Crippen LogP contribution in [0.15, 0.2) is 30.5 Å². The van der Waals surface area contributed by atoms with Crippen molar-refractivity contribution in [3.63, 3.8) is 0 Å². The van der Waals surface area contributed by atoms with Gasteiger partial charge in [-0.1, -0.05) is 12.1 Å². The van der Waals surface area contributed by atoms with Crippen LogP contribution in [0.3, 0.4) is 0 Å². The minimum atomic E-state index is -4.39. The summed E-state index contributed by atoms with van der Waals surface area (Å²) in [6.07, 6.45) is 0.279. The molecule has 0 radical (unpaired) electrons. The third-order valence-electron chi connectivity index (χ3n) is 5.77. The Bertz CT molecular complexity index is 929. The van der Waals surface area contributed by atoms with Gasteiger partial charge >= 0.3 is 6.18 Å². The van der Waals surface area contributed by atoms with E-state index in [0.29, 0.717) is 37.3 Å². The molecule has 0 saturated carbocycles. The number of nitrogens with zero attached hydrogens (tertiary/aromatic N) is 4. The van der Waals surface area contributed by atoms with Gasteiger partial charge in [0.15, 0.2) is 0 Å². The molecule has 1 aromatic heterocycles. The van der Waals surface area contributed by atoms with Crippen LogP contribution in [0.1, 0.15) is 40.0 Å². The Morgan fingerprint density at radius 2 is 1.60 bits per heavy atom. The smallest absolute Gasteiger partial charge is 0.339 e. The second-order valence-corrected chi connectivity index (χ2v) is 7.73. The summed E-state index contributed by atoms with van der Waals surface area (Å²) in [5.41, 5.74) is 1.46. The molecule has 2 aromatic rings. The third-order valence-corrected chi connectivity index (χ3v) is 5.77. The van der Waals surface area contributed by atoms with E-state index in [1.54, 1.807) is 16.0 Å². The second kappa shape index (κ2) is 8.12. The van der Waals surface area contributed by atoms with Gasteiger partial charge in [0.25, 0.3) is 5.91 Å². The van der Waals surface area contributed by atoms with Crippen LogP contribution in [0.5, 0.6) is 0 Å². The molecule has 30 heavy (non-hydrogen) atoms. The highest BCUT2D eigenvalue weighted by Gasteiger charge is 2.31. The van der Waals surface area contributed by atoms with Crippen molar-refractivity contribution < 1.29 is 22.8 Å². The fraction of sp³-hybridized carbons (Fsp3) is 0.476. The number of halogens is 3. The summed E-state index contributed by atoms with van der Waals surface area (Å²) in [4.78, 5) is 28.8.